The number of benzene rings is 3. The number of aromatic nitrogens is 4. The van der Waals surface area contributed by atoms with E-state index in [1.165, 1.54) is 33.2 Å². The van der Waals surface area contributed by atoms with Gasteiger partial charge in [0.25, 0.3) is 0 Å². The number of hydrogen-bond donors (Lipinski definition) is 1. The number of ether oxygens (including phenoxy) is 2. The number of aryl methyl sites for hydroxylation is 1. The fourth-order valence-corrected chi connectivity index (χ4v) is 5.34. The van der Waals surface area contributed by atoms with Crippen LogP contribution in [0.3, 0.4) is 0 Å². The number of hydrogen-bond acceptors (Lipinski definition) is 8. The number of carbonyl (C=O) groups is 2. The van der Waals surface area contributed by atoms with E-state index in [2.05, 4.69) is 20.7 Å². The van der Waals surface area contributed by atoms with Crippen molar-refractivity contribution in [3.8, 4) is 22.2 Å². The van der Waals surface area contributed by atoms with Gasteiger partial charge in [0.15, 0.2) is 11.5 Å². The van der Waals surface area contributed by atoms with Crippen molar-refractivity contribution in [1.82, 2.24) is 30.4 Å². The van der Waals surface area contributed by atoms with E-state index in [0.717, 1.165) is 21.6 Å². The van der Waals surface area contributed by atoms with Gasteiger partial charge >= 0.3 is 0 Å². The van der Waals surface area contributed by atoms with Gasteiger partial charge in [-0.1, -0.05) is 54.1 Å². The van der Waals surface area contributed by atoms with E-state index in [4.69, 9.17) is 9.47 Å². The average Bonchev–Trinajstić information content (AvgIpc) is 3.79. The van der Waals surface area contributed by atoms with Crippen molar-refractivity contribution in [3.05, 3.63) is 112 Å². The predicted octanol–water partition coefficient (Wildman–Crippen LogP) is 4.66. The highest BCUT2D eigenvalue weighted by Crippen LogP contribution is 2.34. The molecular weight excluding hydrogens is 571 g/mol. The van der Waals surface area contributed by atoms with E-state index in [1.54, 1.807) is 24.3 Å². The van der Waals surface area contributed by atoms with Crippen molar-refractivity contribution < 1.29 is 23.5 Å². The molecule has 1 aliphatic rings. The molecule has 1 N–H and O–H groups in total. The van der Waals surface area contributed by atoms with Gasteiger partial charge in [-0.25, -0.2) is 4.39 Å². The van der Waals surface area contributed by atoms with E-state index in [1.807, 2.05) is 54.8 Å². The zero-order valence-corrected chi connectivity index (χ0v) is 24.0. The molecule has 2 aromatic heterocycles. The minimum Gasteiger partial charge on any atom is -0.454 e. The molecule has 0 bridgehead atoms. The normalized spacial score (nSPS) is 12.6. The van der Waals surface area contributed by atoms with Crippen LogP contribution in [0.15, 0.2) is 84.2 Å². The molecule has 0 radical (unpaired) electrons. The summed E-state index contributed by atoms with van der Waals surface area (Å²) in [6.07, 6.45) is 0. The first-order chi connectivity index (χ1) is 20.9. The summed E-state index contributed by atoms with van der Waals surface area (Å²) in [6, 6.07) is 21.5. The minimum atomic E-state index is -1.00. The quantitative estimate of drug-likeness (QED) is 0.249. The van der Waals surface area contributed by atoms with Gasteiger partial charge in [0.1, 0.15) is 18.4 Å². The summed E-state index contributed by atoms with van der Waals surface area (Å²) in [6.45, 7) is 2.07. The van der Waals surface area contributed by atoms with E-state index in [-0.39, 0.29) is 32.2 Å². The Morgan fingerprint density at radius 2 is 1.79 bits per heavy atom. The van der Waals surface area contributed by atoms with Crippen LogP contribution in [-0.2, 0) is 29.2 Å². The molecule has 43 heavy (non-hydrogen) atoms. The highest BCUT2D eigenvalue weighted by atomic mass is 32.1. The van der Waals surface area contributed by atoms with Gasteiger partial charge in [-0.15, -0.1) is 21.5 Å². The summed E-state index contributed by atoms with van der Waals surface area (Å²) < 4.78 is 24.5. The topological polar surface area (TPSA) is 111 Å². The van der Waals surface area contributed by atoms with Crippen molar-refractivity contribution in [1.29, 1.82) is 0 Å². The van der Waals surface area contributed by atoms with Crippen molar-refractivity contribution in [2.75, 3.05) is 6.79 Å². The predicted molar refractivity (Wildman–Crippen MR) is 156 cm³/mol. The lowest BCUT2D eigenvalue weighted by Crippen LogP contribution is -2.44. The molecule has 2 amide bonds. The lowest BCUT2D eigenvalue weighted by molar-refractivity contribution is -0.142. The smallest absolute Gasteiger partial charge is 0.247 e. The van der Waals surface area contributed by atoms with Crippen molar-refractivity contribution >= 4 is 23.2 Å². The Kier molecular flexibility index (Phi) is 8.09. The second kappa shape index (κ2) is 12.4. The summed E-state index contributed by atoms with van der Waals surface area (Å²) in [5, 5.41) is 17.4. The molecule has 10 nitrogen and oxygen atoms in total. The number of tetrazole rings is 1. The summed E-state index contributed by atoms with van der Waals surface area (Å²) in [5.41, 5.74) is 3.10. The van der Waals surface area contributed by atoms with Gasteiger partial charge in [0.05, 0.1) is 4.88 Å². The molecule has 0 saturated heterocycles. The second-order valence-corrected chi connectivity index (χ2v) is 10.9. The zero-order valence-electron chi connectivity index (χ0n) is 23.1. The highest BCUT2D eigenvalue weighted by Gasteiger charge is 2.32. The standard InChI is InChI=1S/C31H27FN6O4S/c1-20-4-9-23(10-5-20)29(31(40)33-16-21-6-11-24(32)12-7-21)37(17-22-8-13-25-26(15-22)42-19-41-25)28(39)18-38-35-30(34-36-38)27-3-2-14-43-27/h2-15,29H,16-19H2,1H3,(H,33,40). The Balaban J connectivity index is 1.33. The van der Waals surface area contributed by atoms with Gasteiger partial charge in [-0.2, -0.15) is 4.80 Å². The lowest BCUT2D eigenvalue weighted by atomic mass is 10.0. The number of rotatable bonds is 10. The highest BCUT2D eigenvalue weighted by molar-refractivity contribution is 7.13. The lowest BCUT2D eigenvalue weighted by Gasteiger charge is -2.31. The van der Waals surface area contributed by atoms with E-state index >= 15 is 0 Å². The number of nitrogens with zero attached hydrogens (tertiary/aromatic N) is 5. The fraction of sp³-hybridized carbons (Fsp3) is 0.194. The maximum atomic E-state index is 14.1. The molecule has 3 aromatic carbocycles. The summed E-state index contributed by atoms with van der Waals surface area (Å²) in [5.74, 6) is 0.440. The summed E-state index contributed by atoms with van der Waals surface area (Å²) in [4.78, 5) is 31.6. The fourth-order valence-electron chi connectivity index (χ4n) is 4.70. The van der Waals surface area contributed by atoms with Crippen LogP contribution in [0.5, 0.6) is 11.5 Å². The Bertz CT molecular complexity index is 1720. The van der Waals surface area contributed by atoms with Crippen LogP contribution in [0.1, 0.15) is 28.3 Å². The first kappa shape index (κ1) is 28.0. The van der Waals surface area contributed by atoms with Crippen LogP contribution in [0.4, 0.5) is 4.39 Å². The van der Waals surface area contributed by atoms with Crippen molar-refractivity contribution in [3.63, 3.8) is 0 Å². The van der Waals surface area contributed by atoms with Crippen LogP contribution in [0.2, 0.25) is 0 Å². The van der Waals surface area contributed by atoms with E-state index < -0.39 is 17.9 Å². The first-order valence-electron chi connectivity index (χ1n) is 13.5. The Morgan fingerprint density at radius 1 is 1.02 bits per heavy atom. The molecule has 0 aliphatic carbocycles. The van der Waals surface area contributed by atoms with Crippen LogP contribution in [0.25, 0.3) is 10.7 Å². The van der Waals surface area contributed by atoms with Crippen LogP contribution >= 0.6 is 11.3 Å². The van der Waals surface area contributed by atoms with E-state index in [9.17, 15) is 14.0 Å². The third-order valence-corrected chi connectivity index (χ3v) is 7.78. The summed E-state index contributed by atoms with van der Waals surface area (Å²) >= 11 is 1.47. The Hall–Kier alpha value is -5.10. The molecule has 218 valence electrons. The molecule has 1 unspecified atom stereocenters. The Morgan fingerprint density at radius 3 is 2.56 bits per heavy atom. The van der Waals surface area contributed by atoms with Crippen LogP contribution in [0, 0.1) is 12.7 Å². The van der Waals surface area contributed by atoms with E-state index in [0.29, 0.717) is 22.9 Å². The first-order valence-corrected chi connectivity index (χ1v) is 14.4. The molecule has 1 atom stereocenters. The van der Waals surface area contributed by atoms with Gasteiger partial charge in [-0.05, 0) is 64.5 Å². The number of fused-ring (bicyclic) bond motifs is 1. The minimum absolute atomic E-state index is 0.0878. The number of nitrogens with one attached hydrogen (secondary N) is 1. The maximum absolute atomic E-state index is 14.1. The average molecular weight is 599 g/mol. The molecule has 1 aliphatic heterocycles. The monoisotopic (exact) mass is 598 g/mol. The number of amides is 2. The molecule has 6 rings (SSSR count). The number of thiophene rings is 1. The van der Waals surface area contributed by atoms with Gasteiger partial charge in [0, 0.05) is 13.1 Å². The zero-order chi connectivity index (χ0) is 29.8. The van der Waals surface area contributed by atoms with Crippen LogP contribution < -0.4 is 14.8 Å². The van der Waals surface area contributed by atoms with Gasteiger partial charge in [0.2, 0.25) is 24.4 Å². The third-order valence-electron chi connectivity index (χ3n) is 6.91. The molecular formula is C31H27FN6O4S. The molecule has 12 heteroatoms. The molecule has 3 heterocycles. The maximum Gasteiger partial charge on any atom is 0.247 e. The molecule has 0 spiro atoms. The van der Waals surface area contributed by atoms with Crippen molar-refractivity contribution in [2.45, 2.75) is 32.6 Å². The van der Waals surface area contributed by atoms with Crippen LogP contribution in [-0.4, -0.2) is 43.7 Å². The molecule has 5 aromatic rings. The van der Waals surface area contributed by atoms with Gasteiger partial charge < -0.3 is 19.7 Å². The van der Waals surface area contributed by atoms with Crippen molar-refractivity contribution in [2.24, 2.45) is 0 Å². The Labute approximate surface area is 250 Å². The van der Waals surface area contributed by atoms with Gasteiger partial charge in [-0.3, -0.25) is 9.59 Å². The SMILES string of the molecule is Cc1ccc(C(C(=O)NCc2ccc(F)cc2)N(Cc2ccc3c(c2)OCO3)C(=O)Cn2nnc(-c3cccs3)n2)cc1. The third kappa shape index (κ3) is 6.54. The number of halogens is 1. The molecule has 0 saturated carbocycles. The second-order valence-electron chi connectivity index (χ2n) is 9.99. The largest absolute Gasteiger partial charge is 0.454 e. The molecule has 0 fully saturated rings. The number of carbonyl (C=O) groups excluding carboxylic acids is 2. The summed E-state index contributed by atoms with van der Waals surface area (Å²) in [7, 11) is 0.